The maximum Gasteiger partial charge on any atom is 0.254 e. The standard InChI is InChI=1S/C17H16F2N2O2/c1-10-7-8-12(18)9-15(10)21-16(22)11(2)20-17(23)13-5-3-4-6-14(13)19/h3-9,11H,1-2H3,(H,20,23)(H,21,22)/t11-/m0/s1. The normalized spacial score (nSPS) is 11.7. The molecule has 0 bridgehead atoms. The highest BCUT2D eigenvalue weighted by Crippen LogP contribution is 2.16. The first kappa shape index (κ1) is 16.6. The highest BCUT2D eigenvalue weighted by Gasteiger charge is 2.19. The number of aryl methyl sites for hydroxylation is 1. The molecule has 0 saturated carbocycles. The van der Waals surface area contributed by atoms with Gasteiger partial charge in [-0.2, -0.15) is 0 Å². The molecule has 2 N–H and O–H groups in total. The van der Waals surface area contributed by atoms with Gasteiger partial charge in [-0.05, 0) is 43.7 Å². The Morgan fingerprint density at radius 1 is 1.09 bits per heavy atom. The summed E-state index contributed by atoms with van der Waals surface area (Å²) in [6.07, 6.45) is 0. The Hall–Kier alpha value is -2.76. The molecule has 120 valence electrons. The van der Waals surface area contributed by atoms with Crippen LogP contribution in [-0.2, 0) is 4.79 Å². The zero-order valence-electron chi connectivity index (χ0n) is 12.7. The molecule has 0 aromatic heterocycles. The Morgan fingerprint density at radius 3 is 2.48 bits per heavy atom. The molecule has 0 unspecified atom stereocenters. The zero-order valence-corrected chi connectivity index (χ0v) is 12.7. The Labute approximate surface area is 132 Å². The number of hydrogen-bond acceptors (Lipinski definition) is 2. The van der Waals surface area contributed by atoms with E-state index in [1.54, 1.807) is 6.92 Å². The van der Waals surface area contributed by atoms with E-state index in [2.05, 4.69) is 10.6 Å². The first-order valence-electron chi connectivity index (χ1n) is 7.01. The summed E-state index contributed by atoms with van der Waals surface area (Å²) in [6.45, 7) is 3.18. The SMILES string of the molecule is Cc1ccc(F)cc1NC(=O)[C@H](C)NC(=O)c1ccccc1F. The fourth-order valence-electron chi connectivity index (χ4n) is 1.96. The van der Waals surface area contributed by atoms with E-state index < -0.39 is 29.5 Å². The number of rotatable bonds is 4. The number of anilines is 1. The van der Waals surface area contributed by atoms with Gasteiger partial charge in [-0.1, -0.05) is 18.2 Å². The van der Waals surface area contributed by atoms with Crippen molar-refractivity contribution in [3.63, 3.8) is 0 Å². The summed E-state index contributed by atoms with van der Waals surface area (Å²) < 4.78 is 26.7. The monoisotopic (exact) mass is 318 g/mol. The minimum Gasteiger partial charge on any atom is -0.340 e. The van der Waals surface area contributed by atoms with Crippen LogP contribution in [0.15, 0.2) is 42.5 Å². The van der Waals surface area contributed by atoms with Crippen LogP contribution in [0, 0.1) is 18.6 Å². The molecular formula is C17H16F2N2O2. The van der Waals surface area contributed by atoms with Crippen LogP contribution in [0.25, 0.3) is 0 Å². The Kier molecular flexibility index (Phi) is 5.05. The number of amides is 2. The quantitative estimate of drug-likeness (QED) is 0.910. The largest absolute Gasteiger partial charge is 0.340 e. The van der Waals surface area contributed by atoms with Crippen LogP contribution in [-0.4, -0.2) is 17.9 Å². The van der Waals surface area contributed by atoms with Gasteiger partial charge in [-0.25, -0.2) is 8.78 Å². The van der Waals surface area contributed by atoms with Gasteiger partial charge in [0.1, 0.15) is 17.7 Å². The molecule has 23 heavy (non-hydrogen) atoms. The first-order valence-corrected chi connectivity index (χ1v) is 7.01. The maximum absolute atomic E-state index is 13.5. The van der Waals surface area contributed by atoms with Crippen LogP contribution < -0.4 is 10.6 Å². The van der Waals surface area contributed by atoms with E-state index in [9.17, 15) is 18.4 Å². The molecule has 2 rings (SSSR count). The van der Waals surface area contributed by atoms with Crippen molar-refractivity contribution in [1.29, 1.82) is 0 Å². The average Bonchev–Trinajstić information content (AvgIpc) is 2.51. The van der Waals surface area contributed by atoms with E-state index in [0.717, 1.165) is 6.07 Å². The van der Waals surface area contributed by atoms with Crippen molar-refractivity contribution >= 4 is 17.5 Å². The van der Waals surface area contributed by atoms with E-state index in [1.807, 2.05) is 0 Å². The number of hydrogen-bond donors (Lipinski definition) is 2. The molecule has 2 amide bonds. The van der Waals surface area contributed by atoms with Crippen LogP contribution in [0.5, 0.6) is 0 Å². The van der Waals surface area contributed by atoms with Crippen molar-refractivity contribution in [2.24, 2.45) is 0 Å². The lowest BCUT2D eigenvalue weighted by Crippen LogP contribution is -2.42. The Morgan fingerprint density at radius 2 is 1.78 bits per heavy atom. The van der Waals surface area contributed by atoms with Gasteiger partial charge in [0, 0.05) is 5.69 Å². The molecule has 0 aliphatic heterocycles. The fraction of sp³-hybridized carbons (Fsp3) is 0.176. The van der Waals surface area contributed by atoms with Crippen LogP contribution in [0.3, 0.4) is 0 Å². The minimum atomic E-state index is -0.912. The Balaban J connectivity index is 2.04. The van der Waals surface area contributed by atoms with Crippen molar-refractivity contribution in [2.75, 3.05) is 5.32 Å². The third kappa shape index (κ3) is 4.12. The molecule has 4 nitrogen and oxygen atoms in total. The fourth-order valence-corrected chi connectivity index (χ4v) is 1.96. The third-order valence-electron chi connectivity index (χ3n) is 3.32. The summed E-state index contributed by atoms with van der Waals surface area (Å²) in [5.41, 5.74) is 0.864. The number of nitrogens with one attached hydrogen (secondary N) is 2. The van der Waals surface area contributed by atoms with Crippen LogP contribution >= 0.6 is 0 Å². The van der Waals surface area contributed by atoms with E-state index in [4.69, 9.17) is 0 Å². The van der Waals surface area contributed by atoms with Gasteiger partial charge in [-0.3, -0.25) is 9.59 Å². The van der Waals surface area contributed by atoms with Crippen LogP contribution in [0.1, 0.15) is 22.8 Å². The predicted octanol–water partition coefficient (Wildman–Crippen LogP) is 3.03. The topological polar surface area (TPSA) is 58.2 Å². The van der Waals surface area contributed by atoms with Gasteiger partial charge in [-0.15, -0.1) is 0 Å². The predicted molar refractivity (Wildman–Crippen MR) is 83.1 cm³/mol. The van der Waals surface area contributed by atoms with Crippen molar-refractivity contribution in [1.82, 2.24) is 5.32 Å². The van der Waals surface area contributed by atoms with Crippen molar-refractivity contribution < 1.29 is 18.4 Å². The number of benzene rings is 2. The van der Waals surface area contributed by atoms with Gasteiger partial charge < -0.3 is 10.6 Å². The second kappa shape index (κ2) is 7.00. The van der Waals surface area contributed by atoms with Gasteiger partial charge in [0.15, 0.2) is 0 Å². The zero-order chi connectivity index (χ0) is 17.0. The van der Waals surface area contributed by atoms with Crippen LogP contribution in [0.2, 0.25) is 0 Å². The molecule has 0 saturated heterocycles. The van der Waals surface area contributed by atoms with Gasteiger partial charge in [0.05, 0.1) is 5.56 Å². The lowest BCUT2D eigenvalue weighted by atomic mass is 10.1. The molecule has 6 heteroatoms. The Bertz CT molecular complexity index is 747. The van der Waals surface area contributed by atoms with Crippen LogP contribution in [0.4, 0.5) is 14.5 Å². The van der Waals surface area contributed by atoms with E-state index in [0.29, 0.717) is 11.3 Å². The molecule has 1 atom stereocenters. The smallest absolute Gasteiger partial charge is 0.254 e. The third-order valence-corrected chi connectivity index (χ3v) is 3.32. The summed E-state index contributed by atoms with van der Waals surface area (Å²) in [6, 6.07) is 8.58. The molecular weight excluding hydrogens is 302 g/mol. The second-order valence-electron chi connectivity index (χ2n) is 5.12. The summed E-state index contributed by atoms with van der Waals surface area (Å²) in [5, 5.41) is 4.94. The second-order valence-corrected chi connectivity index (χ2v) is 5.12. The molecule has 2 aromatic carbocycles. The molecule has 0 heterocycles. The van der Waals surface area contributed by atoms with Crippen molar-refractivity contribution in [2.45, 2.75) is 19.9 Å². The van der Waals surface area contributed by atoms with Gasteiger partial charge in [0.2, 0.25) is 5.91 Å². The van der Waals surface area contributed by atoms with E-state index >= 15 is 0 Å². The maximum atomic E-state index is 13.5. The number of carbonyl (C=O) groups excluding carboxylic acids is 2. The summed E-state index contributed by atoms with van der Waals surface area (Å²) >= 11 is 0. The van der Waals surface area contributed by atoms with Crippen molar-refractivity contribution in [3.8, 4) is 0 Å². The number of halogens is 2. The average molecular weight is 318 g/mol. The molecule has 0 aliphatic carbocycles. The number of carbonyl (C=O) groups is 2. The lowest BCUT2D eigenvalue weighted by Gasteiger charge is -2.15. The molecule has 2 aromatic rings. The van der Waals surface area contributed by atoms with Gasteiger partial charge in [0.25, 0.3) is 5.91 Å². The first-order chi connectivity index (χ1) is 10.9. The lowest BCUT2D eigenvalue weighted by molar-refractivity contribution is -0.117. The highest BCUT2D eigenvalue weighted by atomic mass is 19.1. The van der Waals surface area contributed by atoms with E-state index in [-0.39, 0.29) is 5.56 Å². The molecule has 0 radical (unpaired) electrons. The summed E-state index contributed by atoms with van der Waals surface area (Å²) in [7, 11) is 0. The van der Waals surface area contributed by atoms with Gasteiger partial charge >= 0.3 is 0 Å². The summed E-state index contributed by atoms with van der Waals surface area (Å²) in [5.74, 6) is -2.36. The van der Waals surface area contributed by atoms with E-state index in [1.165, 1.54) is 43.3 Å². The highest BCUT2D eigenvalue weighted by molar-refractivity contribution is 6.01. The molecule has 0 fully saturated rings. The molecule has 0 aliphatic rings. The van der Waals surface area contributed by atoms with Crippen molar-refractivity contribution in [3.05, 3.63) is 65.2 Å². The molecule has 0 spiro atoms. The summed E-state index contributed by atoms with van der Waals surface area (Å²) in [4.78, 5) is 24.0. The minimum absolute atomic E-state index is 0.144.